The number of aromatic hydroxyl groups is 2. The highest BCUT2D eigenvalue weighted by molar-refractivity contribution is 6.06. The number of fused-ring (bicyclic) bond motifs is 1. The van der Waals surface area contributed by atoms with Crippen LogP contribution in [0, 0.1) is 5.92 Å². The summed E-state index contributed by atoms with van der Waals surface area (Å²) in [6.45, 7) is -0.383. The van der Waals surface area contributed by atoms with Gasteiger partial charge in [-0.1, -0.05) is 18.2 Å². The molecule has 0 unspecified atom stereocenters. The lowest BCUT2D eigenvalue weighted by molar-refractivity contribution is -0.302. The minimum absolute atomic E-state index is 0.0171. The quantitative estimate of drug-likeness (QED) is 0.242. The molecule has 0 aromatic heterocycles. The van der Waals surface area contributed by atoms with Gasteiger partial charge in [-0.15, -0.1) is 0 Å². The zero-order valence-electron chi connectivity index (χ0n) is 21.3. The van der Waals surface area contributed by atoms with Crippen molar-refractivity contribution in [3.05, 3.63) is 53.1 Å². The Morgan fingerprint density at radius 3 is 2.46 bits per heavy atom. The highest BCUT2D eigenvalue weighted by Gasteiger charge is 2.44. The molecule has 7 atom stereocenters. The zero-order valence-corrected chi connectivity index (χ0v) is 21.3. The first-order valence-corrected chi connectivity index (χ1v) is 12.2. The van der Waals surface area contributed by atoms with E-state index in [9.17, 15) is 35.4 Å². The molecule has 2 heterocycles. The lowest BCUT2D eigenvalue weighted by Crippen LogP contribution is -2.59. The number of hydrogen-bond donors (Lipinski definition) is 6. The molecule has 12 nitrogen and oxygen atoms in total. The van der Waals surface area contributed by atoms with Gasteiger partial charge in [0, 0.05) is 18.6 Å². The van der Waals surface area contributed by atoms with Gasteiger partial charge >= 0.3 is 0 Å². The second-order valence-electron chi connectivity index (χ2n) is 9.32. The van der Waals surface area contributed by atoms with Crippen LogP contribution in [0.15, 0.2) is 36.4 Å². The van der Waals surface area contributed by atoms with Gasteiger partial charge in [0.1, 0.15) is 24.4 Å². The Hall–Kier alpha value is -3.23. The van der Waals surface area contributed by atoms with Crippen LogP contribution in [0.25, 0.3) is 6.08 Å². The van der Waals surface area contributed by atoms with Crippen molar-refractivity contribution in [2.24, 2.45) is 5.92 Å². The monoisotopic (exact) mass is 548 g/mol. The lowest BCUT2D eigenvalue weighted by Gasteiger charge is -2.39. The Morgan fingerprint density at radius 2 is 1.77 bits per heavy atom. The summed E-state index contributed by atoms with van der Waals surface area (Å²) in [4.78, 5) is 13.1. The maximum Gasteiger partial charge on any atom is 0.211 e. The standard InChI is InChI=1S/C27H32O12/c1-35-11-14(12-37-27-24(34)23(33)22(32)20(10-28)38-27)4-3-13-7-16-21(31)25(39-26(16)18(30)8-13)15-5-6-17(29)19(9-15)36-2/h3-9,14,20,22-25,27-30,32-34H,10-12H2,1-2H3/t14-,20-,22+,23+,24-,25+,27+/m0/s1. The van der Waals surface area contributed by atoms with Crippen molar-refractivity contribution in [1.82, 2.24) is 0 Å². The first-order chi connectivity index (χ1) is 18.7. The molecule has 0 amide bonds. The van der Waals surface area contributed by atoms with E-state index in [-0.39, 0.29) is 53.5 Å². The topological polar surface area (TPSA) is 185 Å². The van der Waals surface area contributed by atoms with E-state index in [0.717, 1.165) is 0 Å². The zero-order chi connectivity index (χ0) is 28.3. The molecule has 39 heavy (non-hydrogen) atoms. The SMILES string of the molecule is COC[C@H](C=Cc1cc(O)c2c(c1)C(=O)[C@@H](c1ccc(O)c(OC)c1)O2)CO[C@@H]1O[C@@H](CO)[C@@H](O)[C@@H](O)[C@@H]1O. The fraction of sp³-hybridized carbons (Fsp3) is 0.444. The van der Waals surface area contributed by atoms with Gasteiger partial charge in [-0.05, 0) is 29.8 Å². The Bertz CT molecular complexity index is 1200. The van der Waals surface area contributed by atoms with Gasteiger partial charge in [0.2, 0.25) is 5.78 Å². The van der Waals surface area contributed by atoms with E-state index in [0.29, 0.717) is 11.1 Å². The highest BCUT2D eigenvalue weighted by Crippen LogP contribution is 2.44. The van der Waals surface area contributed by atoms with Crippen molar-refractivity contribution in [3.63, 3.8) is 0 Å². The predicted octanol–water partition coefficient (Wildman–Crippen LogP) is 0.515. The lowest BCUT2D eigenvalue weighted by atomic mass is 9.99. The summed E-state index contributed by atoms with van der Waals surface area (Å²) in [6, 6.07) is 7.43. The summed E-state index contributed by atoms with van der Waals surface area (Å²) >= 11 is 0. The number of methoxy groups -OCH3 is 2. The van der Waals surface area contributed by atoms with Crippen molar-refractivity contribution in [3.8, 4) is 23.0 Å². The van der Waals surface area contributed by atoms with Gasteiger partial charge < -0.3 is 54.3 Å². The number of phenols is 2. The molecule has 2 aliphatic heterocycles. The molecule has 1 fully saturated rings. The van der Waals surface area contributed by atoms with Crippen LogP contribution in [0.5, 0.6) is 23.0 Å². The van der Waals surface area contributed by atoms with Crippen molar-refractivity contribution >= 4 is 11.9 Å². The molecule has 212 valence electrons. The van der Waals surface area contributed by atoms with E-state index in [2.05, 4.69) is 0 Å². The van der Waals surface area contributed by atoms with Crippen LogP contribution >= 0.6 is 0 Å². The summed E-state index contributed by atoms with van der Waals surface area (Å²) in [7, 11) is 2.88. The van der Waals surface area contributed by atoms with E-state index < -0.39 is 43.4 Å². The third kappa shape index (κ3) is 6.02. The average Bonchev–Trinajstić information content (AvgIpc) is 3.26. The fourth-order valence-corrected chi connectivity index (χ4v) is 4.47. The number of hydrogen-bond acceptors (Lipinski definition) is 12. The van der Waals surface area contributed by atoms with E-state index in [1.807, 2.05) is 0 Å². The van der Waals surface area contributed by atoms with Crippen LogP contribution in [-0.4, -0.2) is 101 Å². The van der Waals surface area contributed by atoms with Crippen LogP contribution in [0.4, 0.5) is 0 Å². The van der Waals surface area contributed by atoms with Gasteiger partial charge in [-0.3, -0.25) is 4.79 Å². The molecule has 0 saturated carbocycles. The van der Waals surface area contributed by atoms with Gasteiger partial charge in [0.05, 0.1) is 32.5 Å². The van der Waals surface area contributed by atoms with Gasteiger partial charge in [-0.2, -0.15) is 0 Å². The Kier molecular flexibility index (Phi) is 9.08. The number of carbonyl (C=O) groups is 1. The number of rotatable bonds is 10. The minimum Gasteiger partial charge on any atom is -0.504 e. The largest absolute Gasteiger partial charge is 0.504 e. The average molecular weight is 549 g/mol. The smallest absolute Gasteiger partial charge is 0.211 e. The predicted molar refractivity (Wildman–Crippen MR) is 135 cm³/mol. The first-order valence-electron chi connectivity index (χ1n) is 12.2. The molecule has 12 heteroatoms. The molecule has 0 radical (unpaired) electrons. The van der Waals surface area contributed by atoms with Crippen LogP contribution in [0.3, 0.4) is 0 Å². The maximum atomic E-state index is 13.1. The molecular weight excluding hydrogens is 516 g/mol. The Labute approximate surface area is 224 Å². The summed E-state index contributed by atoms with van der Waals surface area (Å²) < 4.78 is 27.1. The number of benzene rings is 2. The molecule has 2 aromatic rings. The molecule has 4 rings (SSSR count). The van der Waals surface area contributed by atoms with Gasteiger partial charge in [-0.25, -0.2) is 0 Å². The van der Waals surface area contributed by atoms with E-state index in [1.54, 1.807) is 18.2 Å². The summed E-state index contributed by atoms with van der Waals surface area (Å²) in [6.07, 6.45) is -4.61. The molecule has 0 aliphatic carbocycles. The Morgan fingerprint density at radius 1 is 1.00 bits per heavy atom. The molecular formula is C27H32O12. The van der Waals surface area contributed by atoms with Crippen molar-refractivity contribution in [2.75, 3.05) is 34.0 Å². The first kappa shape index (κ1) is 28.8. The molecule has 6 N–H and O–H groups in total. The highest BCUT2D eigenvalue weighted by atomic mass is 16.7. The van der Waals surface area contributed by atoms with E-state index in [4.69, 9.17) is 23.7 Å². The van der Waals surface area contributed by atoms with Crippen molar-refractivity contribution < 1.29 is 59.1 Å². The van der Waals surface area contributed by atoms with Crippen LogP contribution in [0.2, 0.25) is 0 Å². The van der Waals surface area contributed by atoms with Gasteiger partial charge in [0.15, 0.2) is 35.4 Å². The van der Waals surface area contributed by atoms with E-state index >= 15 is 0 Å². The number of Topliss-reactive ketones (excluding diaryl/α,β-unsaturated/α-hetero) is 1. The maximum absolute atomic E-state index is 13.1. The Balaban J connectivity index is 1.47. The number of ether oxygens (including phenoxy) is 5. The van der Waals surface area contributed by atoms with Crippen molar-refractivity contribution in [1.29, 1.82) is 0 Å². The number of ketones is 1. The second-order valence-corrected chi connectivity index (χ2v) is 9.32. The number of aliphatic hydroxyl groups excluding tert-OH is 4. The summed E-state index contributed by atoms with van der Waals surface area (Å²) in [5.41, 5.74) is 1.14. The van der Waals surface area contributed by atoms with Crippen LogP contribution in [-0.2, 0) is 14.2 Å². The van der Waals surface area contributed by atoms with Gasteiger partial charge in [0.25, 0.3) is 0 Å². The third-order valence-electron chi connectivity index (χ3n) is 6.60. The molecule has 0 bridgehead atoms. The molecule has 2 aromatic carbocycles. The second kappa shape index (κ2) is 12.3. The number of carbonyl (C=O) groups excluding carboxylic acids is 1. The summed E-state index contributed by atoms with van der Waals surface area (Å²) in [5, 5.41) is 59.8. The third-order valence-corrected chi connectivity index (χ3v) is 6.60. The van der Waals surface area contributed by atoms with Crippen molar-refractivity contribution in [2.45, 2.75) is 36.8 Å². The van der Waals surface area contributed by atoms with Crippen LogP contribution in [0.1, 0.15) is 27.6 Å². The number of aliphatic hydroxyl groups is 4. The molecule has 0 spiro atoms. The molecule has 1 saturated heterocycles. The minimum atomic E-state index is -1.56. The normalized spacial score (nSPS) is 27.4. The fourth-order valence-electron chi connectivity index (χ4n) is 4.47. The molecule has 2 aliphatic rings. The van der Waals surface area contributed by atoms with Crippen LogP contribution < -0.4 is 9.47 Å². The summed E-state index contributed by atoms with van der Waals surface area (Å²) in [5.74, 6) is -0.823. The number of phenolic OH excluding ortho intramolecular Hbond substituents is 2. The van der Waals surface area contributed by atoms with E-state index in [1.165, 1.54) is 38.5 Å².